The lowest BCUT2D eigenvalue weighted by Crippen LogP contribution is -3.14. The van der Waals surface area contributed by atoms with Crippen LogP contribution in [0.4, 0.5) is 0 Å². The van der Waals surface area contributed by atoms with Crippen molar-refractivity contribution in [1.29, 1.82) is 0 Å². The number of fused-ring (bicyclic) bond motifs is 6. The van der Waals surface area contributed by atoms with E-state index in [-0.39, 0.29) is 8.37 Å². The van der Waals surface area contributed by atoms with E-state index in [1.54, 1.807) is 4.90 Å². The molecule has 0 aromatic heterocycles. The van der Waals surface area contributed by atoms with Gasteiger partial charge in [-0.1, -0.05) is 0 Å². The van der Waals surface area contributed by atoms with E-state index in [4.69, 9.17) is 0 Å². The van der Waals surface area contributed by atoms with Crippen molar-refractivity contribution >= 4 is 8.37 Å². The second-order valence-corrected chi connectivity index (χ2v) is 7.00. The Bertz CT molecular complexity index is 168. The number of hydrogen-bond donors (Lipinski definition) is 1. The average Bonchev–Trinajstić information content (AvgIpc) is 2.11. The summed E-state index contributed by atoms with van der Waals surface area (Å²) in [6, 6.07) is 0. The molecule has 1 N–H and O–H groups in total. The fourth-order valence-corrected chi connectivity index (χ4v) is 4.79. The van der Waals surface area contributed by atoms with Crippen LogP contribution in [0.5, 0.6) is 0 Å². The maximum atomic E-state index is 2.54. The molecule has 82 valence electrons. The molecule has 3 fully saturated rings. The maximum absolute atomic E-state index is 2.54. The molecule has 0 aromatic rings. The molecule has 0 unspecified atom stereocenters. The molecule has 3 saturated heterocycles. The Morgan fingerprint density at radius 2 is 1.14 bits per heavy atom. The van der Waals surface area contributed by atoms with Crippen molar-refractivity contribution in [2.75, 3.05) is 60.4 Å². The lowest BCUT2D eigenvalue weighted by Gasteiger charge is -2.45. The molecule has 14 heavy (non-hydrogen) atoms. The minimum Gasteiger partial charge on any atom is -0.332 e. The van der Waals surface area contributed by atoms with Gasteiger partial charge in [0.15, 0.2) is 0 Å². The van der Waals surface area contributed by atoms with Crippen LogP contribution in [-0.4, -0.2) is 74.4 Å². The van der Waals surface area contributed by atoms with Crippen LogP contribution in [0.3, 0.4) is 0 Å². The van der Waals surface area contributed by atoms with Gasteiger partial charge in [0.2, 0.25) is 0 Å². The van der Waals surface area contributed by atoms with E-state index in [1.807, 2.05) is 0 Å². The number of nitrogens with zero attached hydrogens (tertiary/aromatic N) is 3. The van der Waals surface area contributed by atoms with Gasteiger partial charge in [-0.05, 0) is 21.1 Å². The summed E-state index contributed by atoms with van der Waals surface area (Å²) in [5.41, 5.74) is 0. The molecule has 0 aliphatic carbocycles. The van der Waals surface area contributed by atoms with Gasteiger partial charge in [-0.3, -0.25) is 14.0 Å². The third-order valence-electron chi connectivity index (χ3n) is 3.28. The number of quaternary nitrogens is 1. The molecule has 0 saturated carbocycles. The summed E-state index contributed by atoms with van der Waals surface area (Å²) in [4.78, 5) is 1.77. The molecule has 0 atom stereocenters. The Morgan fingerprint density at radius 3 is 1.50 bits per heavy atom. The van der Waals surface area contributed by atoms with Crippen LogP contribution in [0.15, 0.2) is 0 Å². The molecular formula is C9H22N4P+. The quantitative estimate of drug-likeness (QED) is 0.519. The minimum atomic E-state index is -0.175. The van der Waals surface area contributed by atoms with Crippen LogP contribution in [0.2, 0.25) is 0 Å². The molecule has 4 nitrogen and oxygen atoms in total. The molecule has 0 amide bonds. The van der Waals surface area contributed by atoms with Gasteiger partial charge in [0.25, 0.3) is 0 Å². The molecule has 3 aliphatic heterocycles. The van der Waals surface area contributed by atoms with Crippen LogP contribution in [0.25, 0.3) is 0 Å². The normalized spacial score (nSPS) is 37.9. The number of likely N-dealkylation sites (N-methyl/N-ethyl adjacent to an activating group) is 3. The number of rotatable bonds is 0. The SMILES string of the molecule is CN1CC[NH+]2CCN(C)P1N(C)CC2. The van der Waals surface area contributed by atoms with E-state index in [9.17, 15) is 0 Å². The van der Waals surface area contributed by atoms with Crippen LogP contribution in [0.1, 0.15) is 0 Å². The van der Waals surface area contributed by atoms with Crippen molar-refractivity contribution < 1.29 is 4.90 Å². The predicted octanol–water partition coefficient (Wildman–Crippen LogP) is -1.08. The Hall–Kier alpha value is 0.270. The third kappa shape index (κ3) is 2.10. The highest BCUT2D eigenvalue weighted by atomic mass is 31.2. The topological polar surface area (TPSA) is 14.2 Å². The molecule has 3 heterocycles. The minimum absolute atomic E-state index is 0.175. The second kappa shape index (κ2) is 4.42. The zero-order valence-electron chi connectivity index (χ0n) is 9.53. The van der Waals surface area contributed by atoms with Crippen LogP contribution >= 0.6 is 8.37 Å². The van der Waals surface area contributed by atoms with E-state index in [0.717, 1.165) is 0 Å². The van der Waals surface area contributed by atoms with E-state index in [0.29, 0.717) is 0 Å². The summed E-state index contributed by atoms with van der Waals surface area (Å²) in [7, 11) is 6.64. The van der Waals surface area contributed by atoms with E-state index >= 15 is 0 Å². The van der Waals surface area contributed by atoms with Crippen LogP contribution in [0, 0.1) is 0 Å². The van der Waals surface area contributed by atoms with Crippen LogP contribution in [-0.2, 0) is 0 Å². The van der Waals surface area contributed by atoms with Crippen molar-refractivity contribution in [2.45, 2.75) is 0 Å². The Labute approximate surface area is 88.4 Å². The largest absolute Gasteiger partial charge is 0.332 e. The first-order valence-electron chi connectivity index (χ1n) is 5.45. The molecule has 0 spiro atoms. The first-order valence-corrected chi connectivity index (χ1v) is 6.65. The third-order valence-corrected chi connectivity index (χ3v) is 5.72. The number of hydrogen-bond acceptors (Lipinski definition) is 3. The first-order chi connectivity index (χ1) is 6.68. The summed E-state index contributed by atoms with van der Waals surface area (Å²) >= 11 is 0. The monoisotopic (exact) mass is 217 g/mol. The van der Waals surface area contributed by atoms with Crippen molar-refractivity contribution in [3.63, 3.8) is 0 Å². The molecule has 0 radical (unpaired) electrons. The van der Waals surface area contributed by atoms with Gasteiger partial charge < -0.3 is 4.90 Å². The maximum Gasteiger partial charge on any atom is 0.120 e. The summed E-state index contributed by atoms with van der Waals surface area (Å²) < 4.78 is 7.61. The molecule has 0 aromatic carbocycles. The lowest BCUT2D eigenvalue weighted by molar-refractivity contribution is -0.898. The molecule has 3 aliphatic rings. The average molecular weight is 217 g/mol. The molecular weight excluding hydrogens is 195 g/mol. The number of nitrogens with one attached hydrogen (secondary N) is 1. The van der Waals surface area contributed by atoms with Gasteiger partial charge in [0.1, 0.15) is 8.37 Å². The standard InChI is InChI=1S/C9H21N4P/c1-10-4-7-13-8-5-11(2)14(10)12(3)6-9-13/h4-9H2,1-3H3/p+1. The van der Waals surface area contributed by atoms with Gasteiger partial charge in [0.05, 0.1) is 39.3 Å². The first kappa shape index (κ1) is 10.8. The second-order valence-electron chi connectivity index (χ2n) is 4.41. The highest BCUT2D eigenvalue weighted by molar-refractivity contribution is 7.50. The zero-order valence-corrected chi connectivity index (χ0v) is 10.4. The highest BCUT2D eigenvalue weighted by Gasteiger charge is 2.31. The van der Waals surface area contributed by atoms with Gasteiger partial charge in [0, 0.05) is 0 Å². The van der Waals surface area contributed by atoms with E-state index in [2.05, 4.69) is 35.2 Å². The smallest absolute Gasteiger partial charge is 0.120 e. The highest BCUT2D eigenvalue weighted by Crippen LogP contribution is 2.44. The Morgan fingerprint density at radius 1 is 0.786 bits per heavy atom. The van der Waals surface area contributed by atoms with Crippen molar-refractivity contribution in [3.8, 4) is 0 Å². The lowest BCUT2D eigenvalue weighted by atomic mass is 10.4. The van der Waals surface area contributed by atoms with Crippen molar-refractivity contribution in [3.05, 3.63) is 0 Å². The fourth-order valence-electron chi connectivity index (χ4n) is 2.39. The van der Waals surface area contributed by atoms with Gasteiger partial charge in [-0.15, -0.1) is 0 Å². The summed E-state index contributed by atoms with van der Waals surface area (Å²) in [6.45, 7) is 7.73. The summed E-state index contributed by atoms with van der Waals surface area (Å²) in [5.74, 6) is 0. The van der Waals surface area contributed by atoms with Gasteiger partial charge in [-0.2, -0.15) is 0 Å². The molecule has 2 bridgehead atoms. The van der Waals surface area contributed by atoms with Gasteiger partial charge in [-0.25, -0.2) is 0 Å². The van der Waals surface area contributed by atoms with E-state index < -0.39 is 0 Å². The predicted molar refractivity (Wildman–Crippen MR) is 60.4 cm³/mol. The van der Waals surface area contributed by atoms with Crippen molar-refractivity contribution in [1.82, 2.24) is 14.0 Å². The Balaban J connectivity index is 2.17. The van der Waals surface area contributed by atoms with Gasteiger partial charge >= 0.3 is 0 Å². The zero-order chi connectivity index (χ0) is 10.1. The fraction of sp³-hybridized carbons (Fsp3) is 1.00. The van der Waals surface area contributed by atoms with Crippen LogP contribution < -0.4 is 4.90 Å². The molecule has 3 rings (SSSR count). The Kier molecular flexibility index (Phi) is 3.40. The van der Waals surface area contributed by atoms with E-state index in [1.165, 1.54) is 39.3 Å². The summed E-state index contributed by atoms with van der Waals surface area (Å²) in [6.07, 6.45) is 0. The van der Waals surface area contributed by atoms with Crippen molar-refractivity contribution in [2.24, 2.45) is 0 Å². The summed E-state index contributed by atoms with van der Waals surface area (Å²) in [5, 5.41) is 0. The molecule has 5 heteroatoms.